The largest absolute Gasteiger partial charge is 0.381 e. The number of piperidine rings is 1. The third-order valence-corrected chi connectivity index (χ3v) is 3.89. The summed E-state index contributed by atoms with van der Waals surface area (Å²) in [6.07, 6.45) is 3.88. The molecule has 0 amide bonds. The molecule has 3 atom stereocenters. The average molecular weight is 242 g/mol. The van der Waals surface area contributed by atoms with E-state index in [9.17, 15) is 0 Å². The summed E-state index contributed by atoms with van der Waals surface area (Å²) in [7, 11) is 0. The molecule has 4 heteroatoms. The quantitative estimate of drug-likeness (QED) is 0.794. The maximum absolute atomic E-state index is 6.15. The lowest BCUT2D eigenvalue weighted by Crippen LogP contribution is -2.48. The Balaban J connectivity index is 1.77. The zero-order valence-electron chi connectivity index (χ0n) is 10.9. The van der Waals surface area contributed by atoms with E-state index >= 15 is 0 Å². The van der Waals surface area contributed by atoms with Gasteiger partial charge in [-0.15, -0.1) is 0 Å². The van der Waals surface area contributed by atoms with Crippen molar-refractivity contribution in [2.24, 2.45) is 11.7 Å². The first kappa shape index (κ1) is 13.3. The molecule has 0 spiro atoms. The van der Waals surface area contributed by atoms with Crippen molar-refractivity contribution in [2.45, 2.75) is 38.3 Å². The Hall–Kier alpha value is -0.160. The second-order valence-corrected chi connectivity index (χ2v) is 5.27. The number of rotatable bonds is 4. The topological polar surface area (TPSA) is 47.7 Å². The van der Waals surface area contributed by atoms with E-state index in [1.165, 1.54) is 19.4 Å². The number of hydrogen-bond acceptors (Lipinski definition) is 4. The Kier molecular flexibility index (Phi) is 5.22. The molecule has 2 fully saturated rings. The van der Waals surface area contributed by atoms with Crippen LogP contribution in [0.3, 0.4) is 0 Å². The number of hydrogen-bond donors (Lipinski definition) is 1. The molecule has 0 radical (unpaired) electrons. The van der Waals surface area contributed by atoms with E-state index in [1.807, 2.05) is 0 Å². The normalized spacial score (nSPS) is 36.0. The summed E-state index contributed by atoms with van der Waals surface area (Å²) in [5.74, 6) is 0.504. The molecule has 2 aliphatic rings. The lowest BCUT2D eigenvalue weighted by atomic mass is 9.95. The van der Waals surface area contributed by atoms with Gasteiger partial charge in [-0.3, -0.25) is 0 Å². The molecule has 2 aliphatic heterocycles. The molecule has 2 heterocycles. The third-order valence-electron chi connectivity index (χ3n) is 3.89. The smallest absolute Gasteiger partial charge is 0.0702 e. The van der Waals surface area contributed by atoms with Gasteiger partial charge in [-0.2, -0.15) is 0 Å². The Morgan fingerprint density at radius 1 is 1.41 bits per heavy atom. The van der Waals surface area contributed by atoms with Gasteiger partial charge in [0.05, 0.1) is 12.7 Å². The minimum Gasteiger partial charge on any atom is -0.381 e. The fourth-order valence-corrected chi connectivity index (χ4v) is 2.88. The Labute approximate surface area is 104 Å². The third kappa shape index (κ3) is 3.91. The number of nitrogens with two attached hydrogens (primary N) is 1. The van der Waals surface area contributed by atoms with Crippen molar-refractivity contribution >= 4 is 0 Å². The minimum atomic E-state index is 0.316. The van der Waals surface area contributed by atoms with E-state index in [2.05, 4.69) is 11.8 Å². The standard InChI is InChI=1S/C13H26N2O2/c1-2-17-12-4-3-6-15(9-12)8-11-10-16-7-5-13(11)14/h11-13H,2-10,14H2,1H3. The van der Waals surface area contributed by atoms with Crippen molar-refractivity contribution in [1.29, 1.82) is 0 Å². The van der Waals surface area contributed by atoms with E-state index in [-0.39, 0.29) is 0 Å². The van der Waals surface area contributed by atoms with Crippen molar-refractivity contribution in [3.63, 3.8) is 0 Å². The molecule has 2 N–H and O–H groups in total. The van der Waals surface area contributed by atoms with Crippen LogP contribution in [-0.4, -0.2) is 56.5 Å². The van der Waals surface area contributed by atoms with Crippen molar-refractivity contribution in [3.05, 3.63) is 0 Å². The fourth-order valence-electron chi connectivity index (χ4n) is 2.88. The molecule has 2 saturated heterocycles. The van der Waals surface area contributed by atoms with Crippen LogP contribution < -0.4 is 5.73 Å². The first-order valence-electron chi connectivity index (χ1n) is 6.97. The molecular weight excluding hydrogens is 216 g/mol. The predicted molar refractivity (Wildman–Crippen MR) is 68.0 cm³/mol. The van der Waals surface area contributed by atoms with Crippen LogP contribution in [0, 0.1) is 5.92 Å². The molecule has 4 nitrogen and oxygen atoms in total. The van der Waals surface area contributed by atoms with Gasteiger partial charge in [0, 0.05) is 38.3 Å². The monoisotopic (exact) mass is 242 g/mol. The van der Waals surface area contributed by atoms with Crippen LogP contribution in [0.1, 0.15) is 26.2 Å². The molecular formula is C13H26N2O2. The van der Waals surface area contributed by atoms with Gasteiger partial charge in [0.1, 0.15) is 0 Å². The maximum atomic E-state index is 6.15. The molecule has 17 heavy (non-hydrogen) atoms. The van der Waals surface area contributed by atoms with Crippen LogP contribution in [0.4, 0.5) is 0 Å². The summed E-state index contributed by atoms with van der Waals surface area (Å²) in [6.45, 7) is 7.89. The van der Waals surface area contributed by atoms with Crippen LogP contribution in [0.25, 0.3) is 0 Å². The lowest BCUT2D eigenvalue weighted by Gasteiger charge is -2.37. The van der Waals surface area contributed by atoms with E-state index in [0.29, 0.717) is 18.1 Å². The maximum Gasteiger partial charge on any atom is 0.0702 e. The molecule has 100 valence electrons. The summed E-state index contributed by atoms with van der Waals surface area (Å²) >= 11 is 0. The zero-order valence-corrected chi connectivity index (χ0v) is 10.9. The van der Waals surface area contributed by atoms with Gasteiger partial charge in [-0.05, 0) is 32.7 Å². The van der Waals surface area contributed by atoms with Gasteiger partial charge in [-0.1, -0.05) is 0 Å². The van der Waals surface area contributed by atoms with E-state index < -0.39 is 0 Å². The first-order valence-corrected chi connectivity index (χ1v) is 6.97. The minimum absolute atomic E-state index is 0.316. The van der Waals surface area contributed by atoms with Crippen LogP contribution in [0.2, 0.25) is 0 Å². The van der Waals surface area contributed by atoms with E-state index in [4.69, 9.17) is 15.2 Å². The van der Waals surface area contributed by atoms with Gasteiger partial charge in [0.25, 0.3) is 0 Å². The molecule has 0 aliphatic carbocycles. The molecule has 0 aromatic carbocycles. The van der Waals surface area contributed by atoms with Gasteiger partial charge in [0.15, 0.2) is 0 Å². The molecule has 0 saturated carbocycles. The van der Waals surface area contributed by atoms with Crippen LogP contribution >= 0.6 is 0 Å². The summed E-state index contributed by atoms with van der Waals surface area (Å²) in [5, 5.41) is 0. The number of ether oxygens (including phenoxy) is 2. The second-order valence-electron chi connectivity index (χ2n) is 5.27. The number of likely N-dealkylation sites (tertiary alicyclic amines) is 1. The van der Waals surface area contributed by atoms with Gasteiger partial charge >= 0.3 is 0 Å². The first-order chi connectivity index (χ1) is 8.29. The average Bonchev–Trinajstić information content (AvgIpc) is 2.33. The Morgan fingerprint density at radius 3 is 3.06 bits per heavy atom. The highest BCUT2D eigenvalue weighted by Gasteiger charge is 2.27. The summed E-state index contributed by atoms with van der Waals surface area (Å²) < 4.78 is 11.3. The van der Waals surface area contributed by atoms with Crippen LogP contribution in [0.5, 0.6) is 0 Å². The molecule has 3 unspecified atom stereocenters. The Morgan fingerprint density at radius 2 is 2.29 bits per heavy atom. The van der Waals surface area contributed by atoms with Crippen molar-refractivity contribution in [1.82, 2.24) is 4.90 Å². The Bertz CT molecular complexity index is 223. The molecule has 0 aromatic rings. The highest BCUT2D eigenvalue weighted by atomic mass is 16.5. The summed E-state index contributed by atoms with van der Waals surface area (Å²) in [4.78, 5) is 2.50. The van der Waals surface area contributed by atoms with Gasteiger partial charge < -0.3 is 20.1 Å². The van der Waals surface area contributed by atoms with Crippen LogP contribution in [-0.2, 0) is 9.47 Å². The van der Waals surface area contributed by atoms with Gasteiger partial charge in [0.2, 0.25) is 0 Å². The van der Waals surface area contributed by atoms with E-state index in [1.54, 1.807) is 0 Å². The lowest BCUT2D eigenvalue weighted by molar-refractivity contribution is -0.0167. The highest BCUT2D eigenvalue weighted by molar-refractivity contribution is 4.82. The SMILES string of the molecule is CCOC1CCCN(CC2COCCC2N)C1. The van der Waals surface area contributed by atoms with Crippen molar-refractivity contribution in [2.75, 3.05) is 39.5 Å². The molecule has 0 bridgehead atoms. The fraction of sp³-hybridized carbons (Fsp3) is 1.00. The number of nitrogens with zero attached hydrogens (tertiary/aromatic N) is 1. The highest BCUT2D eigenvalue weighted by Crippen LogP contribution is 2.18. The molecule has 2 rings (SSSR count). The zero-order chi connectivity index (χ0) is 12.1. The summed E-state index contributed by atoms with van der Waals surface area (Å²) in [6, 6.07) is 0.316. The van der Waals surface area contributed by atoms with E-state index in [0.717, 1.165) is 39.3 Å². The summed E-state index contributed by atoms with van der Waals surface area (Å²) in [5.41, 5.74) is 6.15. The van der Waals surface area contributed by atoms with Gasteiger partial charge in [-0.25, -0.2) is 0 Å². The van der Waals surface area contributed by atoms with Crippen molar-refractivity contribution < 1.29 is 9.47 Å². The molecule has 0 aromatic heterocycles. The van der Waals surface area contributed by atoms with Crippen molar-refractivity contribution in [3.8, 4) is 0 Å². The predicted octanol–water partition coefficient (Wildman–Crippen LogP) is 0.851. The second kappa shape index (κ2) is 6.69. The van der Waals surface area contributed by atoms with Crippen LogP contribution in [0.15, 0.2) is 0 Å².